The number of ether oxygens (including phenoxy) is 2. The van der Waals surface area contributed by atoms with E-state index in [1.165, 1.54) is 4.90 Å². The van der Waals surface area contributed by atoms with Crippen LogP contribution in [0.2, 0.25) is 0 Å². The fraction of sp³-hybridized carbons (Fsp3) is 0.560. The molecule has 0 aromatic heterocycles. The van der Waals surface area contributed by atoms with Gasteiger partial charge in [-0.25, -0.2) is 14.4 Å². The molecule has 10 nitrogen and oxygen atoms in total. The number of para-hydroxylation sites is 1. The molecule has 0 radical (unpaired) electrons. The molecule has 1 unspecified atom stereocenters. The normalized spacial score (nSPS) is 19.4. The Kier molecular flexibility index (Phi) is 8.97. The third kappa shape index (κ3) is 6.25. The van der Waals surface area contributed by atoms with Crippen molar-refractivity contribution in [2.24, 2.45) is 0 Å². The van der Waals surface area contributed by atoms with Crippen molar-refractivity contribution < 1.29 is 23.9 Å². The molecule has 0 bridgehead atoms. The molecule has 35 heavy (non-hydrogen) atoms. The van der Waals surface area contributed by atoms with E-state index in [9.17, 15) is 14.4 Å². The number of methoxy groups -OCH3 is 1. The van der Waals surface area contributed by atoms with Crippen LogP contribution in [0.25, 0.3) is 0 Å². The summed E-state index contributed by atoms with van der Waals surface area (Å²) in [6, 6.07) is 6.31. The fourth-order valence-electron chi connectivity index (χ4n) is 4.42. The molecule has 2 N–H and O–H groups in total. The molecule has 0 aliphatic carbocycles. The second-order valence-corrected chi connectivity index (χ2v) is 8.99. The van der Waals surface area contributed by atoms with E-state index >= 15 is 0 Å². The van der Waals surface area contributed by atoms with Gasteiger partial charge >= 0.3 is 18.0 Å². The van der Waals surface area contributed by atoms with Gasteiger partial charge in [0.05, 0.1) is 25.3 Å². The van der Waals surface area contributed by atoms with Gasteiger partial charge < -0.3 is 25.0 Å². The van der Waals surface area contributed by atoms with Crippen molar-refractivity contribution >= 4 is 18.0 Å². The number of hydrogen-bond donors (Lipinski definition) is 2. The van der Waals surface area contributed by atoms with E-state index in [-0.39, 0.29) is 24.7 Å². The number of nitrogens with zero attached hydrogens (tertiary/aromatic N) is 3. The number of benzene rings is 1. The molecule has 2 heterocycles. The predicted octanol–water partition coefficient (Wildman–Crippen LogP) is 2.33. The molecule has 10 heteroatoms. The minimum atomic E-state index is -0.704. The van der Waals surface area contributed by atoms with Crippen LogP contribution in [0.3, 0.4) is 0 Å². The van der Waals surface area contributed by atoms with Crippen LogP contribution in [0.15, 0.2) is 35.5 Å². The van der Waals surface area contributed by atoms with Gasteiger partial charge in [-0.05, 0) is 33.3 Å². The Morgan fingerprint density at radius 2 is 1.91 bits per heavy atom. The van der Waals surface area contributed by atoms with Gasteiger partial charge in [0.25, 0.3) is 0 Å². The van der Waals surface area contributed by atoms with Crippen LogP contribution in [0.5, 0.6) is 5.75 Å². The zero-order chi connectivity index (χ0) is 25.5. The Morgan fingerprint density at radius 1 is 1.17 bits per heavy atom. The van der Waals surface area contributed by atoms with Crippen molar-refractivity contribution in [3.05, 3.63) is 41.1 Å². The third-order valence-corrected chi connectivity index (χ3v) is 6.18. The molecule has 192 valence electrons. The van der Waals surface area contributed by atoms with Crippen LogP contribution in [0.4, 0.5) is 9.59 Å². The van der Waals surface area contributed by atoms with E-state index in [1.807, 2.05) is 36.9 Å². The van der Waals surface area contributed by atoms with Crippen molar-refractivity contribution in [2.45, 2.75) is 39.3 Å². The lowest BCUT2D eigenvalue weighted by molar-refractivity contribution is -0.139. The lowest BCUT2D eigenvalue weighted by Gasteiger charge is -2.37. The highest BCUT2D eigenvalue weighted by atomic mass is 16.5. The van der Waals surface area contributed by atoms with E-state index in [0.717, 1.165) is 13.0 Å². The van der Waals surface area contributed by atoms with Crippen molar-refractivity contribution in [2.75, 3.05) is 53.5 Å². The smallest absolute Gasteiger partial charge is 0.338 e. The fourth-order valence-corrected chi connectivity index (χ4v) is 4.42. The summed E-state index contributed by atoms with van der Waals surface area (Å²) in [5.74, 6) is 0.100. The first-order valence-corrected chi connectivity index (χ1v) is 12.1. The zero-order valence-corrected chi connectivity index (χ0v) is 21.3. The molecule has 1 fully saturated rings. The van der Waals surface area contributed by atoms with Gasteiger partial charge in [0.15, 0.2) is 0 Å². The number of urea groups is 2. The van der Waals surface area contributed by atoms with Gasteiger partial charge in [0, 0.05) is 57.1 Å². The maximum Gasteiger partial charge on any atom is 0.338 e. The average Bonchev–Trinajstić information content (AvgIpc) is 3.07. The Balaban J connectivity index is 1.93. The Labute approximate surface area is 207 Å². The Hall–Kier alpha value is -3.27. The number of nitrogens with one attached hydrogen (secondary N) is 2. The molecule has 1 atom stereocenters. The lowest BCUT2D eigenvalue weighted by Crippen LogP contribution is -2.49. The quantitative estimate of drug-likeness (QED) is 0.573. The standard InChI is InChI=1S/C25H37N5O5/c1-6-35-23(31)21-19(16-29-12-9-13-30(15-14-29)25(33)26-17(2)3)28(4)24(32)27-22(21)18-10-7-8-11-20(18)34-5/h7-8,10-11,17,22H,6,9,12-16H2,1-5H3,(H,26,33)(H,27,32). The van der Waals surface area contributed by atoms with E-state index in [4.69, 9.17) is 9.47 Å². The van der Waals surface area contributed by atoms with Gasteiger partial charge in [0.2, 0.25) is 0 Å². The summed E-state index contributed by atoms with van der Waals surface area (Å²) in [6.07, 6.45) is 0.791. The SMILES string of the molecule is CCOC(=O)C1=C(CN2CCCN(C(=O)NC(C)C)CC2)N(C)C(=O)NC1c1ccccc1OC. The number of likely N-dealkylation sites (N-methyl/N-ethyl adjacent to an activating group) is 1. The first kappa shape index (κ1) is 26.3. The topological polar surface area (TPSA) is 103 Å². The van der Waals surface area contributed by atoms with Gasteiger partial charge in [-0.3, -0.25) is 9.80 Å². The summed E-state index contributed by atoms with van der Waals surface area (Å²) in [4.78, 5) is 44.1. The number of esters is 1. The number of carbonyl (C=O) groups excluding carboxylic acids is 3. The van der Waals surface area contributed by atoms with Gasteiger partial charge in [0.1, 0.15) is 5.75 Å². The largest absolute Gasteiger partial charge is 0.496 e. The number of amides is 4. The van der Waals surface area contributed by atoms with Crippen LogP contribution in [-0.4, -0.2) is 92.3 Å². The molecule has 0 spiro atoms. The Bertz CT molecular complexity index is 963. The van der Waals surface area contributed by atoms with Crippen molar-refractivity contribution in [1.82, 2.24) is 25.3 Å². The average molecular weight is 488 g/mol. The second kappa shape index (κ2) is 11.9. The van der Waals surface area contributed by atoms with Crippen LogP contribution < -0.4 is 15.4 Å². The third-order valence-electron chi connectivity index (χ3n) is 6.18. The van der Waals surface area contributed by atoms with Crippen molar-refractivity contribution in [3.63, 3.8) is 0 Å². The Morgan fingerprint density at radius 3 is 2.60 bits per heavy atom. The molecule has 2 aliphatic rings. The highest BCUT2D eigenvalue weighted by Gasteiger charge is 2.38. The molecule has 1 aromatic carbocycles. The number of rotatable bonds is 7. The summed E-state index contributed by atoms with van der Waals surface area (Å²) < 4.78 is 10.9. The van der Waals surface area contributed by atoms with Crippen LogP contribution in [0.1, 0.15) is 38.8 Å². The highest BCUT2D eigenvalue weighted by molar-refractivity contribution is 5.95. The second-order valence-electron chi connectivity index (χ2n) is 8.99. The predicted molar refractivity (Wildman–Crippen MR) is 132 cm³/mol. The van der Waals surface area contributed by atoms with E-state index < -0.39 is 12.0 Å². The van der Waals surface area contributed by atoms with Crippen LogP contribution >= 0.6 is 0 Å². The lowest BCUT2D eigenvalue weighted by atomic mass is 9.93. The maximum absolute atomic E-state index is 13.2. The molecule has 3 rings (SSSR count). The highest BCUT2D eigenvalue weighted by Crippen LogP contribution is 2.35. The van der Waals surface area contributed by atoms with E-state index in [0.29, 0.717) is 48.8 Å². The first-order valence-electron chi connectivity index (χ1n) is 12.1. The zero-order valence-electron chi connectivity index (χ0n) is 21.3. The number of hydrogen-bond acceptors (Lipinski definition) is 6. The van der Waals surface area contributed by atoms with E-state index in [1.54, 1.807) is 27.1 Å². The molecule has 2 aliphatic heterocycles. The van der Waals surface area contributed by atoms with Crippen LogP contribution in [-0.2, 0) is 9.53 Å². The van der Waals surface area contributed by atoms with Gasteiger partial charge in [-0.15, -0.1) is 0 Å². The summed E-state index contributed by atoms with van der Waals surface area (Å²) >= 11 is 0. The molecule has 1 aromatic rings. The molecule has 1 saturated heterocycles. The maximum atomic E-state index is 13.2. The van der Waals surface area contributed by atoms with Crippen molar-refractivity contribution in [1.29, 1.82) is 0 Å². The van der Waals surface area contributed by atoms with Gasteiger partial charge in [-0.2, -0.15) is 0 Å². The summed E-state index contributed by atoms with van der Waals surface area (Å²) in [6.45, 7) is 8.80. The molecular weight excluding hydrogens is 450 g/mol. The number of carbonyl (C=O) groups is 3. The molecule has 0 saturated carbocycles. The summed E-state index contributed by atoms with van der Waals surface area (Å²) in [5.41, 5.74) is 1.66. The summed E-state index contributed by atoms with van der Waals surface area (Å²) in [7, 11) is 3.21. The minimum Gasteiger partial charge on any atom is -0.496 e. The molecule has 4 amide bonds. The monoisotopic (exact) mass is 487 g/mol. The van der Waals surface area contributed by atoms with Crippen LogP contribution in [0, 0.1) is 0 Å². The minimum absolute atomic E-state index is 0.0699. The first-order chi connectivity index (χ1) is 16.8. The van der Waals surface area contributed by atoms with Crippen molar-refractivity contribution in [3.8, 4) is 5.75 Å². The van der Waals surface area contributed by atoms with Gasteiger partial charge in [-0.1, -0.05) is 18.2 Å². The molecular formula is C25H37N5O5. The van der Waals surface area contributed by atoms with E-state index in [2.05, 4.69) is 15.5 Å². The summed E-state index contributed by atoms with van der Waals surface area (Å²) in [5, 5.41) is 5.88.